The number of nitrogens with one attached hydrogen (secondary N) is 3. The first kappa shape index (κ1) is 20.5. The van der Waals surface area contributed by atoms with Crippen molar-refractivity contribution < 1.29 is 9.21 Å². The first-order valence-corrected chi connectivity index (χ1v) is 9.03. The topological polar surface area (TPSA) is 78.7 Å². The van der Waals surface area contributed by atoms with Gasteiger partial charge in [0.2, 0.25) is 5.91 Å². The van der Waals surface area contributed by atoms with Gasteiger partial charge in [-0.1, -0.05) is 18.2 Å². The fraction of sp³-hybridized carbons (Fsp3) is 0.474. The summed E-state index contributed by atoms with van der Waals surface area (Å²) >= 11 is 0. The molecule has 0 bridgehead atoms. The minimum absolute atomic E-state index is 0. The van der Waals surface area contributed by atoms with Gasteiger partial charge in [-0.15, -0.1) is 24.0 Å². The predicted molar refractivity (Wildman–Crippen MR) is 115 cm³/mol. The lowest BCUT2D eigenvalue weighted by molar-refractivity contribution is -0.122. The van der Waals surface area contributed by atoms with Crippen LogP contribution in [0.4, 0.5) is 0 Å². The summed E-state index contributed by atoms with van der Waals surface area (Å²) in [4.78, 5) is 16.1. The number of nitrogens with zero attached hydrogens (tertiary/aromatic N) is 1. The highest BCUT2D eigenvalue weighted by atomic mass is 127. The summed E-state index contributed by atoms with van der Waals surface area (Å²) in [5.41, 5.74) is 0.915. The van der Waals surface area contributed by atoms with E-state index in [1.165, 1.54) is 0 Å². The van der Waals surface area contributed by atoms with Gasteiger partial charge in [0.15, 0.2) is 5.96 Å². The molecule has 3 rings (SSSR count). The molecular weight excluding hydrogens is 443 g/mol. The lowest BCUT2D eigenvalue weighted by Gasteiger charge is -2.11. The molecule has 1 aromatic heterocycles. The van der Waals surface area contributed by atoms with Crippen molar-refractivity contribution in [3.8, 4) is 0 Å². The maximum Gasteiger partial charge on any atom is 0.223 e. The molecule has 1 aromatic carbocycles. The van der Waals surface area contributed by atoms with Crippen LogP contribution in [0.25, 0.3) is 11.0 Å². The minimum atomic E-state index is 0. The largest absolute Gasteiger partial charge is 0.461 e. The molecule has 26 heavy (non-hydrogen) atoms. The molecule has 142 valence electrons. The quantitative estimate of drug-likeness (QED) is 0.240. The number of benzene rings is 1. The zero-order valence-electron chi connectivity index (χ0n) is 15.1. The molecule has 0 aliphatic heterocycles. The van der Waals surface area contributed by atoms with Crippen LogP contribution in [0.15, 0.2) is 39.7 Å². The third kappa shape index (κ3) is 6.19. The van der Waals surface area contributed by atoms with E-state index in [-0.39, 0.29) is 35.8 Å². The molecule has 0 spiro atoms. The number of rotatable bonds is 8. The molecule has 2 aromatic rings. The Morgan fingerprint density at radius 1 is 1.19 bits per heavy atom. The fourth-order valence-corrected chi connectivity index (χ4v) is 2.64. The highest BCUT2D eigenvalue weighted by Gasteiger charge is 2.28. The van der Waals surface area contributed by atoms with Crippen LogP contribution in [0.3, 0.4) is 0 Å². The third-order valence-corrected chi connectivity index (χ3v) is 4.11. The van der Waals surface area contributed by atoms with E-state index in [9.17, 15) is 4.79 Å². The van der Waals surface area contributed by atoms with Crippen molar-refractivity contribution in [1.82, 2.24) is 16.0 Å². The van der Waals surface area contributed by atoms with Gasteiger partial charge in [-0.25, -0.2) is 0 Å². The Hall–Kier alpha value is -1.77. The van der Waals surface area contributed by atoms with E-state index in [1.54, 1.807) is 0 Å². The monoisotopic (exact) mass is 470 g/mol. The number of furan rings is 1. The molecule has 7 heteroatoms. The second-order valence-electron chi connectivity index (χ2n) is 6.25. The van der Waals surface area contributed by atoms with Crippen molar-refractivity contribution in [3.05, 3.63) is 36.1 Å². The van der Waals surface area contributed by atoms with Crippen LogP contribution in [0.5, 0.6) is 0 Å². The Balaban J connectivity index is 0.00000243. The van der Waals surface area contributed by atoms with Crippen molar-refractivity contribution >= 4 is 46.8 Å². The Morgan fingerprint density at radius 3 is 2.69 bits per heavy atom. The highest BCUT2D eigenvalue weighted by Crippen LogP contribution is 2.28. The van der Waals surface area contributed by atoms with E-state index in [0.717, 1.165) is 48.5 Å². The second kappa shape index (κ2) is 10.4. The summed E-state index contributed by atoms with van der Waals surface area (Å²) in [5.74, 6) is 2.14. The SMILES string of the molecule is CCNC(=NCCc1cc2ccccc2o1)NCCNC(=O)C1CC1.I. The molecule has 1 aliphatic carbocycles. The Kier molecular flexibility index (Phi) is 8.21. The second-order valence-corrected chi connectivity index (χ2v) is 6.25. The van der Waals surface area contributed by atoms with E-state index in [4.69, 9.17) is 4.42 Å². The van der Waals surface area contributed by atoms with Crippen molar-refractivity contribution in [2.45, 2.75) is 26.2 Å². The van der Waals surface area contributed by atoms with Gasteiger partial charge in [0.1, 0.15) is 11.3 Å². The molecule has 6 nitrogen and oxygen atoms in total. The number of guanidine groups is 1. The number of hydrogen-bond donors (Lipinski definition) is 3. The third-order valence-electron chi connectivity index (χ3n) is 4.11. The van der Waals surface area contributed by atoms with Crippen molar-refractivity contribution in [3.63, 3.8) is 0 Å². The lowest BCUT2D eigenvalue weighted by atomic mass is 10.2. The first-order valence-electron chi connectivity index (χ1n) is 9.03. The Morgan fingerprint density at radius 2 is 1.96 bits per heavy atom. The molecule has 0 unspecified atom stereocenters. The average molecular weight is 470 g/mol. The van der Waals surface area contributed by atoms with Crippen LogP contribution < -0.4 is 16.0 Å². The number of carbonyl (C=O) groups excluding carboxylic acids is 1. The van der Waals surface area contributed by atoms with Crippen LogP contribution in [0, 0.1) is 5.92 Å². The van der Waals surface area contributed by atoms with Gasteiger partial charge in [-0.05, 0) is 31.9 Å². The van der Waals surface area contributed by atoms with E-state index in [1.807, 2.05) is 31.2 Å². The van der Waals surface area contributed by atoms with Gasteiger partial charge < -0.3 is 20.4 Å². The summed E-state index contributed by atoms with van der Waals surface area (Å²) in [6.07, 6.45) is 2.82. The summed E-state index contributed by atoms with van der Waals surface area (Å²) in [6, 6.07) is 10.1. The van der Waals surface area contributed by atoms with Crippen molar-refractivity contribution in [1.29, 1.82) is 0 Å². The van der Waals surface area contributed by atoms with Crippen LogP contribution in [0.1, 0.15) is 25.5 Å². The van der Waals surface area contributed by atoms with Gasteiger partial charge in [-0.3, -0.25) is 9.79 Å². The Bertz CT molecular complexity index is 707. The fourth-order valence-electron chi connectivity index (χ4n) is 2.64. The number of amides is 1. The van der Waals surface area contributed by atoms with Crippen molar-refractivity contribution in [2.24, 2.45) is 10.9 Å². The minimum Gasteiger partial charge on any atom is -0.461 e. The normalized spacial score (nSPS) is 14.0. The molecule has 0 saturated heterocycles. The van der Waals surface area contributed by atoms with Gasteiger partial charge in [-0.2, -0.15) is 0 Å². The smallest absolute Gasteiger partial charge is 0.223 e. The summed E-state index contributed by atoms with van der Waals surface area (Å²) < 4.78 is 5.81. The predicted octanol–water partition coefficient (Wildman–Crippen LogP) is 2.67. The van der Waals surface area contributed by atoms with Crippen LogP contribution in [-0.4, -0.2) is 38.0 Å². The molecule has 1 aliphatic rings. The maximum atomic E-state index is 11.6. The van der Waals surface area contributed by atoms with Crippen LogP contribution in [0.2, 0.25) is 0 Å². The molecule has 1 amide bonds. The molecule has 0 radical (unpaired) electrons. The molecule has 3 N–H and O–H groups in total. The zero-order chi connectivity index (χ0) is 17.5. The zero-order valence-corrected chi connectivity index (χ0v) is 17.4. The maximum absolute atomic E-state index is 11.6. The molecule has 1 saturated carbocycles. The molecule has 0 atom stereocenters. The van der Waals surface area contributed by atoms with Gasteiger partial charge in [0.25, 0.3) is 0 Å². The van der Waals surface area contributed by atoms with E-state index < -0.39 is 0 Å². The number of aliphatic imine (C=N–C) groups is 1. The first-order chi connectivity index (χ1) is 12.3. The number of halogens is 1. The van der Waals surface area contributed by atoms with E-state index in [2.05, 4.69) is 27.0 Å². The average Bonchev–Trinajstić information content (AvgIpc) is 3.38. The molecule has 1 fully saturated rings. The Labute approximate surface area is 171 Å². The van der Waals surface area contributed by atoms with E-state index >= 15 is 0 Å². The van der Waals surface area contributed by atoms with Crippen LogP contribution >= 0.6 is 24.0 Å². The highest BCUT2D eigenvalue weighted by molar-refractivity contribution is 14.0. The standard InChI is InChI=1S/C19H26N4O2.HI/c1-2-20-19(23-12-11-21-18(24)14-7-8-14)22-10-9-16-13-15-5-3-4-6-17(15)25-16;/h3-6,13-14H,2,7-12H2,1H3,(H,21,24)(H2,20,22,23);1H. The molecule has 1 heterocycles. The van der Waals surface area contributed by atoms with Gasteiger partial charge in [0, 0.05) is 43.9 Å². The summed E-state index contributed by atoms with van der Waals surface area (Å²) in [6.45, 7) is 4.75. The number of fused-ring (bicyclic) bond motifs is 1. The van der Waals surface area contributed by atoms with E-state index in [0.29, 0.717) is 19.6 Å². The number of carbonyl (C=O) groups is 1. The number of hydrogen-bond acceptors (Lipinski definition) is 3. The molecular formula is C19H27IN4O2. The van der Waals surface area contributed by atoms with Crippen LogP contribution in [-0.2, 0) is 11.2 Å². The summed E-state index contributed by atoms with van der Waals surface area (Å²) in [5, 5.41) is 10.5. The van der Waals surface area contributed by atoms with Gasteiger partial charge in [0.05, 0.1) is 0 Å². The van der Waals surface area contributed by atoms with Gasteiger partial charge >= 0.3 is 0 Å². The summed E-state index contributed by atoms with van der Waals surface area (Å²) in [7, 11) is 0. The van der Waals surface area contributed by atoms with Crippen molar-refractivity contribution in [2.75, 3.05) is 26.2 Å². The number of para-hydroxylation sites is 1. The lowest BCUT2D eigenvalue weighted by Crippen LogP contribution is -2.41.